The van der Waals surface area contributed by atoms with Crippen molar-refractivity contribution < 1.29 is 0 Å². The van der Waals surface area contributed by atoms with Gasteiger partial charge < -0.3 is 5.73 Å². The van der Waals surface area contributed by atoms with Crippen molar-refractivity contribution >= 4 is 27.7 Å². The van der Waals surface area contributed by atoms with Crippen LogP contribution >= 0.6 is 27.7 Å². The molecule has 0 aromatic heterocycles. The fraction of sp³-hybridized carbons (Fsp3) is 0.500. The van der Waals surface area contributed by atoms with Gasteiger partial charge in [0.15, 0.2) is 0 Å². The number of nitrogens with zero attached hydrogens (tertiary/aromatic N) is 1. The lowest BCUT2D eigenvalue weighted by Crippen LogP contribution is -2.32. The molecule has 2 N–H and O–H groups in total. The van der Waals surface area contributed by atoms with Crippen LogP contribution in [0.1, 0.15) is 11.6 Å². The minimum atomic E-state index is 0.294. The quantitative estimate of drug-likeness (QED) is 0.876. The van der Waals surface area contributed by atoms with Gasteiger partial charge in [-0.3, -0.25) is 4.90 Å². The van der Waals surface area contributed by atoms with E-state index in [0.29, 0.717) is 12.6 Å². The fourth-order valence-electron chi connectivity index (χ4n) is 1.68. The predicted octanol–water partition coefficient (Wildman–Crippen LogP) is 2.74. The SMILES string of the molecule is CSCCN(C)C(CN)c1ccccc1Br. The van der Waals surface area contributed by atoms with Gasteiger partial charge in [0.25, 0.3) is 0 Å². The normalized spacial score (nSPS) is 13.1. The molecular formula is C12H19BrN2S. The second-order valence-electron chi connectivity index (χ2n) is 3.75. The Balaban J connectivity index is 2.77. The van der Waals surface area contributed by atoms with Crippen molar-refractivity contribution in [3.63, 3.8) is 0 Å². The maximum Gasteiger partial charge on any atom is 0.0478 e. The van der Waals surface area contributed by atoms with Crippen molar-refractivity contribution in [2.45, 2.75) is 6.04 Å². The van der Waals surface area contributed by atoms with Crippen molar-refractivity contribution in [1.29, 1.82) is 0 Å². The van der Waals surface area contributed by atoms with Gasteiger partial charge in [0, 0.05) is 29.4 Å². The van der Waals surface area contributed by atoms with Gasteiger partial charge in [-0.1, -0.05) is 34.1 Å². The highest BCUT2D eigenvalue weighted by Gasteiger charge is 2.16. The van der Waals surface area contributed by atoms with Gasteiger partial charge in [-0.05, 0) is 24.9 Å². The molecule has 0 saturated carbocycles. The Hall–Kier alpha value is -0.0300. The Labute approximate surface area is 111 Å². The molecule has 0 aliphatic heterocycles. The van der Waals surface area contributed by atoms with Gasteiger partial charge >= 0.3 is 0 Å². The molecule has 1 aromatic carbocycles. The molecule has 1 rings (SSSR count). The monoisotopic (exact) mass is 302 g/mol. The van der Waals surface area contributed by atoms with Crippen LogP contribution in [0, 0.1) is 0 Å². The molecule has 2 nitrogen and oxygen atoms in total. The largest absolute Gasteiger partial charge is 0.329 e. The molecule has 90 valence electrons. The highest BCUT2D eigenvalue weighted by molar-refractivity contribution is 9.10. The molecule has 4 heteroatoms. The first-order valence-electron chi connectivity index (χ1n) is 5.34. The Bertz CT molecular complexity index is 320. The minimum absolute atomic E-state index is 0.294. The molecule has 1 atom stereocenters. The first kappa shape index (κ1) is 14.0. The van der Waals surface area contributed by atoms with Crippen LogP contribution in [-0.2, 0) is 0 Å². The summed E-state index contributed by atoms with van der Waals surface area (Å²) >= 11 is 5.45. The van der Waals surface area contributed by atoms with E-state index >= 15 is 0 Å². The zero-order valence-corrected chi connectivity index (χ0v) is 12.2. The number of hydrogen-bond donors (Lipinski definition) is 1. The summed E-state index contributed by atoms with van der Waals surface area (Å²) in [4.78, 5) is 2.32. The molecular weight excluding hydrogens is 284 g/mol. The summed E-state index contributed by atoms with van der Waals surface area (Å²) in [6.45, 7) is 1.71. The molecule has 0 amide bonds. The Morgan fingerprint density at radius 1 is 1.44 bits per heavy atom. The van der Waals surface area contributed by atoms with E-state index in [-0.39, 0.29) is 0 Å². The van der Waals surface area contributed by atoms with Gasteiger partial charge in [-0.2, -0.15) is 11.8 Å². The van der Waals surface area contributed by atoms with Crippen LogP contribution in [-0.4, -0.2) is 37.0 Å². The third-order valence-corrected chi connectivity index (χ3v) is 3.98. The summed E-state index contributed by atoms with van der Waals surface area (Å²) in [6.07, 6.45) is 2.13. The number of halogens is 1. The molecule has 1 unspecified atom stereocenters. The zero-order valence-electron chi connectivity index (χ0n) is 9.82. The average molecular weight is 303 g/mol. The van der Waals surface area contributed by atoms with Crippen molar-refractivity contribution in [2.24, 2.45) is 5.73 Å². The van der Waals surface area contributed by atoms with E-state index in [9.17, 15) is 0 Å². The lowest BCUT2D eigenvalue weighted by atomic mass is 10.1. The summed E-state index contributed by atoms with van der Waals surface area (Å²) in [5, 5.41) is 0. The smallest absolute Gasteiger partial charge is 0.0478 e. The van der Waals surface area contributed by atoms with Gasteiger partial charge in [-0.15, -0.1) is 0 Å². The molecule has 16 heavy (non-hydrogen) atoms. The maximum atomic E-state index is 5.88. The van der Waals surface area contributed by atoms with E-state index < -0.39 is 0 Å². The molecule has 0 heterocycles. The van der Waals surface area contributed by atoms with Gasteiger partial charge in [0.2, 0.25) is 0 Å². The van der Waals surface area contributed by atoms with Crippen LogP contribution in [0.3, 0.4) is 0 Å². The van der Waals surface area contributed by atoms with Gasteiger partial charge in [-0.25, -0.2) is 0 Å². The predicted molar refractivity (Wildman–Crippen MR) is 76.9 cm³/mol. The highest BCUT2D eigenvalue weighted by Crippen LogP contribution is 2.26. The lowest BCUT2D eigenvalue weighted by molar-refractivity contribution is 0.265. The van der Waals surface area contributed by atoms with Crippen LogP contribution in [0.25, 0.3) is 0 Å². The van der Waals surface area contributed by atoms with Crippen molar-refractivity contribution in [2.75, 3.05) is 32.1 Å². The number of thioether (sulfide) groups is 1. The second-order valence-corrected chi connectivity index (χ2v) is 5.59. The summed E-state index contributed by atoms with van der Waals surface area (Å²) in [5.41, 5.74) is 7.15. The number of likely N-dealkylation sites (N-methyl/N-ethyl adjacent to an activating group) is 1. The number of rotatable bonds is 6. The minimum Gasteiger partial charge on any atom is -0.329 e. The van der Waals surface area contributed by atoms with Crippen LogP contribution in [0.15, 0.2) is 28.7 Å². The van der Waals surface area contributed by atoms with Crippen molar-refractivity contribution in [3.8, 4) is 0 Å². The van der Waals surface area contributed by atoms with Crippen molar-refractivity contribution in [1.82, 2.24) is 4.90 Å². The molecule has 0 spiro atoms. The molecule has 0 radical (unpaired) electrons. The fourth-order valence-corrected chi connectivity index (χ4v) is 2.70. The third-order valence-electron chi connectivity index (χ3n) is 2.67. The molecule has 0 fully saturated rings. The standard InChI is InChI=1S/C12H19BrN2S/c1-15(7-8-16-2)12(9-14)10-5-3-4-6-11(10)13/h3-6,12H,7-9,14H2,1-2H3. The first-order chi connectivity index (χ1) is 7.70. The van der Waals surface area contributed by atoms with E-state index in [2.05, 4.69) is 52.3 Å². The summed E-state index contributed by atoms with van der Waals surface area (Å²) in [5.74, 6) is 1.14. The molecule has 0 bridgehead atoms. The summed E-state index contributed by atoms with van der Waals surface area (Å²) in [7, 11) is 2.13. The average Bonchev–Trinajstić information content (AvgIpc) is 2.30. The van der Waals surface area contributed by atoms with Crippen LogP contribution in [0.5, 0.6) is 0 Å². The number of benzene rings is 1. The summed E-state index contributed by atoms with van der Waals surface area (Å²) < 4.78 is 1.14. The Morgan fingerprint density at radius 2 is 2.12 bits per heavy atom. The topological polar surface area (TPSA) is 29.3 Å². The van der Waals surface area contributed by atoms with Gasteiger partial charge in [0.1, 0.15) is 0 Å². The molecule has 0 saturated heterocycles. The van der Waals surface area contributed by atoms with E-state index in [1.165, 1.54) is 5.56 Å². The Morgan fingerprint density at radius 3 is 2.69 bits per heavy atom. The van der Waals surface area contributed by atoms with E-state index in [1.807, 2.05) is 17.8 Å². The Kier molecular flexibility index (Phi) is 6.43. The molecule has 0 aliphatic rings. The van der Waals surface area contributed by atoms with E-state index in [4.69, 9.17) is 5.73 Å². The zero-order chi connectivity index (χ0) is 12.0. The van der Waals surface area contributed by atoms with Crippen LogP contribution in [0.4, 0.5) is 0 Å². The first-order valence-corrected chi connectivity index (χ1v) is 7.53. The van der Waals surface area contributed by atoms with Crippen LogP contribution < -0.4 is 5.73 Å². The van der Waals surface area contributed by atoms with Crippen LogP contribution in [0.2, 0.25) is 0 Å². The van der Waals surface area contributed by atoms with E-state index in [0.717, 1.165) is 16.8 Å². The maximum absolute atomic E-state index is 5.88. The van der Waals surface area contributed by atoms with Gasteiger partial charge in [0.05, 0.1) is 0 Å². The number of hydrogen-bond acceptors (Lipinski definition) is 3. The highest BCUT2D eigenvalue weighted by atomic mass is 79.9. The molecule has 1 aromatic rings. The molecule has 0 aliphatic carbocycles. The third kappa shape index (κ3) is 3.77. The van der Waals surface area contributed by atoms with E-state index in [1.54, 1.807) is 0 Å². The number of nitrogens with two attached hydrogens (primary N) is 1. The summed E-state index contributed by atoms with van der Waals surface area (Å²) in [6, 6.07) is 8.59. The van der Waals surface area contributed by atoms with Crippen molar-refractivity contribution in [3.05, 3.63) is 34.3 Å². The lowest BCUT2D eigenvalue weighted by Gasteiger charge is -2.27. The second kappa shape index (κ2) is 7.33.